The fraction of sp³-hybridized carbons (Fsp3) is 0.556. The molecule has 1 N–H and O–H groups in total. The molecule has 1 fully saturated rings. The number of ketones is 1. The maximum atomic E-state index is 12.0. The lowest BCUT2D eigenvalue weighted by molar-refractivity contribution is -0.118. The Morgan fingerprint density at radius 1 is 1.38 bits per heavy atom. The van der Waals surface area contributed by atoms with Crippen LogP contribution in [0.25, 0.3) is 0 Å². The van der Waals surface area contributed by atoms with Crippen LogP contribution in [0.2, 0.25) is 0 Å². The summed E-state index contributed by atoms with van der Waals surface area (Å²) in [6.45, 7) is 3.93. The number of aromatic nitrogens is 1. The molecule has 128 valence electrons. The largest absolute Gasteiger partial charge is 0.355 e. The molecule has 0 unspecified atom stereocenters. The summed E-state index contributed by atoms with van der Waals surface area (Å²) in [4.78, 5) is 27.9. The first kappa shape index (κ1) is 18.5. The molecule has 1 amide bonds. The Balaban J connectivity index is 1.91. The Kier molecular flexibility index (Phi) is 6.80. The van der Waals surface area contributed by atoms with E-state index in [4.69, 9.17) is 0 Å². The second-order valence-electron chi connectivity index (χ2n) is 6.24. The first-order valence-electron chi connectivity index (χ1n) is 8.33. The minimum atomic E-state index is -0.113. The topological polar surface area (TPSA) is 82.8 Å². The molecular formula is C18H23N3O2S. The van der Waals surface area contributed by atoms with Crippen molar-refractivity contribution >= 4 is 23.5 Å². The summed E-state index contributed by atoms with van der Waals surface area (Å²) < 4.78 is 0. The highest BCUT2D eigenvalue weighted by Crippen LogP contribution is 2.24. The monoisotopic (exact) mass is 345 g/mol. The molecular weight excluding hydrogens is 322 g/mol. The standard InChI is InChI=1S/C18H23N3O2S/c1-12-16(13(2)22)8-15(9-19)18(21-12)24-11-17(23)20-10-14-6-4-3-5-7-14/h8,14H,3-7,10-11H2,1-2H3,(H,20,23). The van der Waals surface area contributed by atoms with Gasteiger partial charge in [0.2, 0.25) is 5.91 Å². The summed E-state index contributed by atoms with van der Waals surface area (Å²) in [5, 5.41) is 12.7. The Morgan fingerprint density at radius 2 is 2.08 bits per heavy atom. The van der Waals surface area contributed by atoms with Gasteiger partial charge in [-0.25, -0.2) is 4.98 Å². The molecule has 0 atom stereocenters. The van der Waals surface area contributed by atoms with Crippen LogP contribution in [-0.4, -0.2) is 29.0 Å². The molecule has 0 aliphatic heterocycles. The molecule has 2 rings (SSSR count). The summed E-state index contributed by atoms with van der Waals surface area (Å²) in [6.07, 6.45) is 6.20. The van der Waals surface area contributed by atoms with Gasteiger partial charge in [-0.15, -0.1) is 0 Å². The summed E-state index contributed by atoms with van der Waals surface area (Å²) in [6, 6.07) is 3.62. The number of nitriles is 1. The van der Waals surface area contributed by atoms with Gasteiger partial charge in [0.05, 0.1) is 11.3 Å². The first-order chi connectivity index (χ1) is 11.5. The van der Waals surface area contributed by atoms with Crippen molar-refractivity contribution in [2.24, 2.45) is 5.92 Å². The van der Waals surface area contributed by atoms with E-state index < -0.39 is 0 Å². The molecule has 1 aliphatic rings. The first-order valence-corrected chi connectivity index (χ1v) is 9.32. The number of carbonyl (C=O) groups excluding carboxylic acids is 2. The van der Waals surface area contributed by atoms with Gasteiger partial charge in [0, 0.05) is 17.8 Å². The Bertz CT molecular complexity index is 661. The van der Waals surface area contributed by atoms with Crippen LogP contribution in [0, 0.1) is 24.2 Å². The molecule has 1 aromatic rings. The van der Waals surface area contributed by atoms with Crippen molar-refractivity contribution in [2.75, 3.05) is 12.3 Å². The molecule has 0 aromatic carbocycles. The molecule has 6 heteroatoms. The van der Waals surface area contributed by atoms with Crippen LogP contribution in [0.5, 0.6) is 0 Å². The van der Waals surface area contributed by atoms with Gasteiger partial charge in [0.25, 0.3) is 0 Å². The summed E-state index contributed by atoms with van der Waals surface area (Å²) >= 11 is 1.24. The van der Waals surface area contributed by atoms with Gasteiger partial charge in [0.15, 0.2) is 5.78 Å². The zero-order valence-electron chi connectivity index (χ0n) is 14.2. The molecule has 24 heavy (non-hydrogen) atoms. The summed E-state index contributed by atoms with van der Waals surface area (Å²) in [5.41, 5.74) is 1.39. The van der Waals surface area contributed by atoms with E-state index in [1.54, 1.807) is 13.0 Å². The Hall–Kier alpha value is -1.87. The molecule has 1 aromatic heterocycles. The van der Waals surface area contributed by atoms with E-state index in [1.807, 2.05) is 0 Å². The molecule has 0 spiro atoms. The van der Waals surface area contributed by atoms with E-state index in [2.05, 4.69) is 16.4 Å². The molecule has 1 saturated carbocycles. The predicted molar refractivity (Wildman–Crippen MR) is 94.0 cm³/mol. The fourth-order valence-electron chi connectivity index (χ4n) is 2.96. The number of nitrogens with one attached hydrogen (secondary N) is 1. The van der Waals surface area contributed by atoms with Crippen LogP contribution >= 0.6 is 11.8 Å². The van der Waals surface area contributed by atoms with E-state index in [1.165, 1.54) is 50.8 Å². The number of rotatable bonds is 6. The molecule has 0 saturated heterocycles. The van der Waals surface area contributed by atoms with E-state index in [9.17, 15) is 14.9 Å². The zero-order chi connectivity index (χ0) is 17.5. The van der Waals surface area contributed by atoms with Gasteiger partial charge in [-0.2, -0.15) is 5.26 Å². The summed E-state index contributed by atoms with van der Waals surface area (Å²) in [7, 11) is 0. The van der Waals surface area contributed by atoms with E-state index in [0.29, 0.717) is 27.8 Å². The quantitative estimate of drug-likeness (QED) is 0.632. The molecule has 1 heterocycles. The lowest BCUT2D eigenvalue weighted by Crippen LogP contribution is -2.31. The highest BCUT2D eigenvalue weighted by molar-refractivity contribution is 8.00. The number of amides is 1. The number of carbonyl (C=O) groups is 2. The smallest absolute Gasteiger partial charge is 0.230 e. The molecule has 0 radical (unpaired) electrons. The molecule has 5 nitrogen and oxygen atoms in total. The zero-order valence-corrected chi connectivity index (χ0v) is 15.0. The Morgan fingerprint density at radius 3 is 2.71 bits per heavy atom. The third kappa shape index (κ3) is 5.07. The maximum absolute atomic E-state index is 12.0. The van der Waals surface area contributed by atoms with Crippen LogP contribution in [-0.2, 0) is 4.79 Å². The van der Waals surface area contributed by atoms with Crippen LogP contribution in [0.1, 0.15) is 60.6 Å². The predicted octanol–water partition coefficient (Wildman–Crippen LogP) is 3.25. The molecule has 1 aliphatic carbocycles. The number of Topliss-reactive ketones (excluding diaryl/α,β-unsaturated/α-hetero) is 1. The lowest BCUT2D eigenvalue weighted by Gasteiger charge is -2.21. The second-order valence-corrected chi connectivity index (χ2v) is 7.20. The van der Waals surface area contributed by atoms with Crippen LogP contribution in [0.4, 0.5) is 0 Å². The van der Waals surface area contributed by atoms with Crippen molar-refractivity contribution in [1.82, 2.24) is 10.3 Å². The number of thioether (sulfide) groups is 1. The second kappa shape index (κ2) is 8.84. The van der Waals surface area contributed by atoms with Gasteiger partial charge < -0.3 is 5.32 Å². The van der Waals surface area contributed by atoms with Crippen molar-refractivity contribution in [3.05, 3.63) is 22.9 Å². The van der Waals surface area contributed by atoms with Crippen LogP contribution in [0.3, 0.4) is 0 Å². The van der Waals surface area contributed by atoms with Crippen LogP contribution in [0.15, 0.2) is 11.1 Å². The van der Waals surface area contributed by atoms with Crippen molar-refractivity contribution in [3.63, 3.8) is 0 Å². The van der Waals surface area contributed by atoms with E-state index >= 15 is 0 Å². The number of nitrogens with zero attached hydrogens (tertiary/aromatic N) is 2. The lowest BCUT2D eigenvalue weighted by atomic mass is 9.89. The summed E-state index contributed by atoms with van der Waals surface area (Å²) in [5.74, 6) is 0.674. The normalized spacial score (nSPS) is 14.9. The SMILES string of the molecule is CC(=O)c1cc(C#N)c(SCC(=O)NCC2CCCCC2)nc1C. The third-order valence-corrected chi connectivity index (χ3v) is 5.32. The number of hydrogen-bond acceptors (Lipinski definition) is 5. The van der Waals surface area contributed by atoms with Gasteiger partial charge in [-0.05, 0) is 38.7 Å². The highest BCUT2D eigenvalue weighted by Gasteiger charge is 2.16. The number of pyridine rings is 1. The van der Waals surface area contributed by atoms with Gasteiger partial charge >= 0.3 is 0 Å². The average molecular weight is 345 g/mol. The Labute approximate surface area is 147 Å². The van der Waals surface area contributed by atoms with Crippen molar-refractivity contribution in [2.45, 2.75) is 51.0 Å². The van der Waals surface area contributed by atoms with E-state index in [-0.39, 0.29) is 17.4 Å². The van der Waals surface area contributed by atoms with Crippen LogP contribution < -0.4 is 5.32 Å². The van der Waals surface area contributed by atoms with Gasteiger partial charge in [-0.3, -0.25) is 9.59 Å². The third-order valence-electron chi connectivity index (χ3n) is 4.33. The van der Waals surface area contributed by atoms with E-state index in [0.717, 1.165) is 6.54 Å². The molecule has 0 bridgehead atoms. The van der Waals surface area contributed by atoms with Crippen molar-refractivity contribution < 1.29 is 9.59 Å². The van der Waals surface area contributed by atoms with Gasteiger partial charge in [0.1, 0.15) is 11.1 Å². The minimum Gasteiger partial charge on any atom is -0.355 e. The number of aryl methyl sites for hydroxylation is 1. The van der Waals surface area contributed by atoms with Gasteiger partial charge in [-0.1, -0.05) is 31.0 Å². The maximum Gasteiger partial charge on any atom is 0.230 e. The van der Waals surface area contributed by atoms with Crippen molar-refractivity contribution in [1.29, 1.82) is 5.26 Å². The average Bonchev–Trinajstić information content (AvgIpc) is 2.58. The highest BCUT2D eigenvalue weighted by atomic mass is 32.2. The fourth-order valence-corrected chi connectivity index (χ4v) is 3.80. The minimum absolute atomic E-state index is 0.0374. The van der Waals surface area contributed by atoms with Crippen molar-refractivity contribution in [3.8, 4) is 6.07 Å². The number of hydrogen-bond donors (Lipinski definition) is 1.